The number of halogens is 3. The van der Waals surface area contributed by atoms with Crippen LogP contribution in [0.3, 0.4) is 0 Å². The van der Waals surface area contributed by atoms with Crippen molar-refractivity contribution < 1.29 is 33.1 Å². The number of alkyl halides is 3. The molecule has 0 saturated heterocycles. The van der Waals surface area contributed by atoms with E-state index in [4.69, 9.17) is 10.2 Å². The Labute approximate surface area is 126 Å². The largest absolute Gasteiger partial charge is 0.504 e. The number of benzene rings is 1. The first kappa shape index (κ1) is 17.9. The number of hydrogen-bond acceptors (Lipinski definition) is 6. The van der Waals surface area contributed by atoms with Crippen LogP contribution < -0.4 is 0 Å². The van der Waals surface area contributed by atoms with Crippen molar-refractivity contribution in [2.75, 3.05) is 0 Å². The van der Waals surface area contributed by atoms with E-state index >= 15 is 0 Å². The molecule has 0 aliphatic carbocycles. The minimum Gasteiger partial charge on any atom is -0.504 e. The molecule has 0 aliphatic heterocycles. The van der Waals surface area contributed by atoms with E-state index in [0.717, 1.165) is 18.3 Å². The van der Waals surface area contributed by atoms with Gasteiger partial charge < -0.3 is 10.2 Å². The van der Waals surface area contributed by atoms with E-state index in [0.29, 0.717) is 12.5 Å². The highest BCUT2D eigenvalue weighted by Gasteiger charge is 2.30. The van der Waals surface area contributed by atoms with Gasteiger partial charge in [-0.05, 0) is 12.1 Å². The van der Waals surface area contributed by atoms with Crippen molar-refractivity contribution in [3.05, 3.63) is 57.9 Å². The Morgan fingerprint density at radius 3 is 2.35 bits per heavy atom. The molecule has 1 aromatic carbocycles. The number of pyridine rings is 1. The fourth-order valence-electron chi connectivity index (χ4n) is 1.34. The molecule has 10 heteroatoms. The maximum Gasteiger partial charge on any atom is 0.417 e. The second-order valence-corrected chi connectivity index (χ2v) is 4.02. The van der Waals surface area contributed by atoms with Crippen LogP contribution in [0, 0.1) is 10.1 Å². The first-order chi connectivity index (χ1) is 10.7. The lowest BCUT2D eigenvalue weighted by atomic mass is 10.2. The van der Waals surface area contributed by atoms with Gasteiger partial charge in [-0.15, -0.1) is 0 Å². The van der Waals surface area contributed by atoms with Crippen molar-refractivity contribution in [1.82, 2.24) is 4.98 Å². The van der Waals surface area contributed by atoms with Crippen molar-refractivity contribution in [3.8, 4) is 11.5 Å². The lowest BCUT2D eigenvalue weighted by molar-refractivity contribution is -0.386. The van der Waals surface area contributed by atoms with E-state index < -0.39 is 33.8 Å². The van der Waals surface area contributed by atoms with Crippen molar-refractivity contribution in [2.24, 2.45) is 0 Å². The summed E-state index contributed by atoms with van der Waals surface area (Å²) in [6.07, 6.45) is -2.37. The first-order valence-electron chi connectivity index (χ1n) is 5.79. The van der Waals surface area contributed by atoms with Crippen molar-refractivity contribution in [1.29, 1.82) is 0 Å². The Kier molecular flexibility index (Phi) is 5.60. The molecule has 122 valence electrons. The number of phenolic OH excluding ortho intramolecular Hbond substituents is 2. The molecular weight excluding hydrogens is 321 g/mol. The quantitative estimate of drug-likeness (QED) is 0.379. The summed E-state index contributed by atoms with van der Waals surface area (Å²) in [5.74, 6) is -1.18. The third-order valence-electron chi connectivity index (χ3n) is 2.41. The number of carbonyl (C=O) groups is 1. The number of nitro benzene ring substituents is 1. The SMILES string of the molecule is O=Cc1cncc(C(F)(F)F)c1.O=[N+]([O-])c1cccc(O)c1O. The molecule has 7 nitrogen and oxygen atoms in total. The highest BCUT2D eigenvalue weighted by atomic mass is 19.4. The normalized spacial score (nSPS) is 10.4. The number of nitrogens with zero attached hydrogens (tertiary/aromatic N) is 2. The van der Waals surface area contributed by atoms with Crippen molar-refractivity contribution >= 4 is 12.0 Å². The minimum absolute atomic E-state index is 0.0789. The van der Waals surface area contributed by atoms with E-state index in [1.807, 2.05) is 0 Å². The van der Waals surface area contributed by atoms with Crippen LogP contribution in [0.4, 0.5) is 18.9 Å². The van der Waals surface area contributed by atoms with E-state index in [9.17, 15) is 28.1 Å². The molecule has 1 aromatic heterocycles. The highest BCUT2D eigenvalue weighted by molar-refractivity contribution is 5.74. The van der Waals surface area contributed by atoms with Gasteiger partial charge in [0.05, 0.1) is 10.5 Å². The standard InChI is InChI=1S/C7H4F3NO.C6H5NO4/c8-7(9,10)6-1-5(4-12)2-11-3-6;8-5-3-1-2-4(6(5)9)7(10)11/h1-4H;1-3,8-9H. The van der Waals surface area contributed by atoms with Gasteiger partial charge in [-0.3, -0.25) is 19.9 Å². The molecule has 0 aliphatic rings. The van der Waals surface area contributed by atoms with Gasteiger partial charge in [-0.25, -0.2) is 0 Å². The Morgan fingerprint density at radius 2 is 1.87 bits per heavy atom. The van der Waals surface area contributed by atoms with Gasteiger partial charge in [0.1, 0.15) is 0 Å². The summed E-state index contributed by atoms with van der Waals surface area (Å²) in [7, 11) is 0. The van der Waals surface area contributed by atoms with Crippen LogP contribution in [0.2, 0.25) is 0 Å². The molecule has 2 rings (SSSR count). The molecule has 0 radical (unpaired) electrons. The molecule has 1 heterocycles. The van der Waals surface area contributed by atoms with E-state index in [-0.39, 0.29) is 5.56 Å². The summed E-state index contributed by atoms with van der Waals surface area (Å²) in [4.78, 5) is 22.7. The van der Waals surface area contributed by atoms with Crippen LogP contribution >= 0.6 is 0 Å². The van der Waals surface area contributed by atoms with Gasteiger partial charge in [0.25, 0.3) is 0 Å². The maximum absolute atomic E-state index is 11.9. The Morgan fingerprint density at radius 1 is 1.22 bits per heavy atom. The average Bonchev–Trinajstić information content (AvgIpc) is 2.49. The summed E-state index contributed by atoms with van der Waals surface area (Å²) < 4.78 is 35.8. The second-order valence-electron chi connectivity index (χ2n) is 4.02. The van der Waals surface area contributed by atoms with Crippen LogP contribution in [0.1, 0.15) is 15.9 Å². The Hall–Kier alpha value is -3.17. The van der Waals surface area contributed by atoms with Gasteiger partial charge in [0, 0.05) is 24.0 Å². The van der Waals surface area contributed by atoms with Gasteiger partial charge in [0.15, 0.2) is 12.0 Å². The summed E-state index contributed by atoms with van der Waals surface area (Å²) >= 11 is 0. The minimum atomic E-state index is -4.44. The zero-order chi connectivity index (χ0) is 17.6. The lowest BCUT2D eigenvalue weighted by Gasteiger charge is -2.04. The average molecular weight is 330 g/mol. The Bertz CT molecular complexity index is 719. The molecule has 0 atom stereocenters. The number of carbonyl (C=O) groups excluding carboxylic acids is 1. The number of aromatic nitrogens is 1. The van der Waals surface area contributed by atoms with Crippen molar-refractivity contribution in [2.45, 2.75) is 6.18 Å². The number of phenols is 2. The Balaban J connectivity index is 0.000000231. The third-order valence-corrected chi connectivity index (χ3v) is 2.41. The molecule has 0 bridgehead atoms. The number of aldehydes is 1. The summed E-state index contributed by atoms with van der Waals surface area (Å²) in [6, 6.07) is 4.31. The smallest absolute Gasteiger partial charge is 0.417 e. The zero-order valence-corrected chi connectivity index (χ0v) is 11.2. The molecule has 0 saturated carbocycles. The maximum atomic E-state index is 11.9. The predicted molar refractivity (Wildman–Crippen MR) is 71.1 cm³/mol. The van der Waals surface area contributed by atoms with Crippen LogP contribution in [0.25, 0.3) is 0 Å². The van der Waals surface area contributed by atoms with Gasteiger partial charge in [-0.1, -0.05) is 6.07 Å². The van der Waals surface area contributed by atoms with Crippen LogP contribution in [-0.4, -0.2) is 26.4 Å². The second kappa shape index (κ2) is 7.20. The monoisotopic (exact) mass is 330 g/mol. The number of para-hydroxylation sites is 1. The predicted octanol–water partition coefficient (Wildman–Crippen LogP) is 2.92. The van der Waals surface area contributed by atoms with E-state index in [1.165, 1.54) is 12.1 Å². The van der Waals surface area contributed by atoms with Gasteiger partial charge in [-0.2, -0.15) is 13.2 Å². The van der Waals surface area contributed by atoms with Gasteiger partial charge in [0.2, 0.25) is 5.75 Å². The highest BCUT2D eigenvalue weighted by Crippen LogP contribution is 2.33. The fraction of sp³-hybridized carbons (Fsp3) is 0.0769. The third kappa shape index (κ3) is 4.95. The van der Waals surface area contributed by atoms with Gasteiger partial charge >= 0.3 is 11.9 Å². The summed E-state index contributed by atoms with van der Waals surface area (Å²) in [5.41, 5.74) is -1.48. The van der Waals surface area contributed by atoms with Crippen molar-refractivity contribution in [3.63, 3.8) is 0 Å². The zero-order valence-electron chi connectivity index (χ0n) is 11.2. The van der Waals surface area contributed by atoms with Crippen LogP contribution in [-0.2, 0) is 6.18 Å². The molecule has 2 N–H and O–H groups in total. The molecule has 0 amide bonds. The summed E-state index contributed by atoms with van der Waals surface area (Å²) in [5, 5.41) is 27.8. The molecule has 0 unspecified atom stereocenters. The molecule has 0 fully saturated rings. The van der Waals surface area contributed by atoms with Crippen LogP contribution in [0.5, 0.6) is 11.5 Å². The molecule has 0 spiro atoms. The molecule has 2 aromatic rings. The fourth-order valence-corrected chi connectivity index (χ4v) is 1.34. The summed E-state index contributed by atoms with van der Waals surface area (Å²) in [6.45, 7) is 0. The van der Waals surface area contributed by atoms with Crippen LogP contribution in [0.15, 0.2) is 36.7 Å². The topological polar surface area (TPSA) is 114 Å². The molecule has 23 heavy (non-hydrogen) atoms. The number of hydrogen-bond donors (Lipinski definition) is 2. The number of nitro groups is 1. The molecular formula is C13H9F3N2O5. The first-order valence-corrected chi connectivity index (χ1v) is 5.79. The number of rotatable bonds is 2. The number of aromatic hydroxyl groups is 2. The lowest BCUT2D eigenvalue weighted by Crippen LogP contribution is -2.05. The van der Waals surface area contributed by atoms with E-state index in [2.05, 4.69) is 4.98 Å². The van der Waals surface area contributed by atoms with E-state index in [1.54, 1.807) is 0 Å².